The van der Waals surface area contributed by atoms with Gasteiger partial charge in [-0.15, -0.1) is 0 Å². The lowest BCUT2D eigenvalue weighted by Gasteiger charge is -2.56. The van der Waals surface area contributed by atoms with Gasteiger partial charge in [-0.2, -0.15) is 22.0 Å². The molecule has 1 N–H and O–H groups in total. The summed E-state index contributed by atoms with van der Waals surface area (Å²) < 4.78 is 71.8. The average Bonchev–Trinajstić information content (AvgIpc) is 3.27. The van der Waals surface area contributed by atoms with E-state index in [0.29, 0.717) is 32.2 Å². The summed E-state index contributed by atoms with van der Waals surface area (Å²) in [6.45, 7) is 3.04. The maximum absolute atomic E-state index is 15.2. The number of hydrogen-bond donors (Lipinski definition) is 1. The van der Waals surface area contributed by atoms with Gasteiger partial charge in [-0.1, -0.05) is 67.1 Å². The van der Waals surface area contributed by atoms with Gasteiger partial charge in [0.2, 0.25) is 0 Å². The zero-order valence-electron chi connectivity index (χ0n) is 25.3. The summed E-state index contributed by atoms with van der Waals surface area (Å²) in [5, 5.41) is 11.5. The van der Waals surface area contributed by atoms with Gasteiger partial charge in [0, 0.05) is 30.8 Å². The SMILES string of the molecule is CN(CCc1ccccc1)Cc1ccc([C@H]2C[C@@]3(C)[C@@H](CC[C@]3(O)C(F)(F)C(F)(F)F)[C@@H]3CCC4=CC(=O)CCC4=C32)cc1. The molecule has 8 heteroatoms. The van der Waals surface area contributed by atoms with Gasteiger partial charge in [0.1, 0.15) is 5.60 Å². The van der Waals surface area contributed by atoms with Gasteiger partial charge in [0.25, 0.3) is 0 Å². The summed E-state index contributed by atoms with van der Waals surface area (Å²) in [5.74, 6) is -6.31. The highest BCUT2D eigenvalue weighted by atomic mass is 19.4. The highest BCUT2D eigenvalue weighted by Gasteiger charge is 2.79. The van der Waals surface area contributed by atoms with E-state index >= 15 is 8.78 Å². The molecule has 0 amide bonds. The maximum Gasteiger partial charge on any atom is 0.456 e. The second-order valence-corrected chi connectivity index (χ2v) is 13.7. The predicted molar refractivity (Wildman–Crippen MR) is 159 cm³/mol. The Kier molecular flexibility index (Phi) is 7.93. The lowest BCUT2D eigenvalue weighted by atomic mass is 9.50. The van der Waals surface area contributed by atoms with Crippen LogP contribution in [0, 0.1) is 17.3 Å². The monoisotopic (exact) mass is 613 g/mol. The first kappa shape index (κ1) is 31.2. The smallest absolute Gasteiger partial charge is 0.383 e. The molecule has 0 bridgehead atoms. The van der Waals surface area contributed by atoms with Crippen LogP contribution in [-0.4, -0.2) is 47.1 Å². The fraction of sp³-hybridized carbons (Fsp3) is 0.528. The molecule has 3 nitrogen and oxygen atoms in total. The first-order chi connectivity index (χ1) is 20.7. The second kappa shape index (κ2) is 11.2. The fourth-order valence-corrected chi connectivity index (χ4v) is 8.93. The van der Waals surface area contributed by atoms with Crippen LogP contribution in [0.15, 0.2) is 77.4 Å². The number of benzene rings is 2. The molecule has 2 aromatic rings. The third-order valence-electron chi connectivity index (χ3n) is 11.2. The number of fused-ring (bicyclic) bond motifs is 4. The van der Waals surface area contributed by atoms with Crippen molar-refractivity contribution in [3.8, 4) is 0 Å². The van der Waals surface area contributed by atoms with Crippen LogP contribution in [0.4, 0.5) is 22.0 Å². The number of alkyl halides is 5. The molecule has 5 atom stereocenters. The first-order valence-corrected chi connectivity index (χ1v) is 15.7. The van der Waals surface area contributed by atoms with Crippen molar-refractivity contribution >= 4 is 5.78 Å². The minimum Gasteiger partial charge on any atom is -0.383 e. The van der Waals surface area contributed by atoms with Gasteiger partial charge >= 0.3 is 12.1 Å². The van der Waals surface area contributed by atoms with Gasteiger partial charge in [-0.25, -0.2) is 0 Å². The standard InChI is InChI=1S/C36H40F5NO2/c1-33-21-30(25-10-8-24(9-11-25)22-42(2)19-17-23-6-4-3-5-7-23)32-28-15-13-27(43)20-26(28)12-14-29(32)31(33)16-18-34(33,44)35(37,38)36(39,40)41/h3-11,20,29-31,44H,12-19,21-22H2,1-2H3/t29-,30+,31-,33-,34+/m0/s1. The Bertz CT molecular complexity index is 1460. The number of nitrogens with zero attached hydrogens (tertiary/aromatic N) is 1. The van der Waals surface area contributed by atoms with Crippen LogP contribution in [0.1, 0.15) is 74.5 Å². The number of aliphatic hydroxyl groups is 1. The highest BCUT2D eigenvalue weighted by Crippen LogP contribution is 2.70. The quantitative estimate of drug-likeness (QED) is 0.320. The number of allylic oxidation sites excluding steroid dienone is 4. The Labute approximate surface area is 255 Å². The van der Waals surface area contributed by atoms with Crippen LogP contribution in [0.3, 0.4) is 0 Å². The molecule has 0 unspecified atom stereocenters. The minimum absolute atomic E-state index is 0.00722. The Morgan fingerprint density at radius 1 is 0.932 bits per heavy atom. The van der Waals surface area contributed by atoms with Crippen molar-refractivity contribution in [3.63, 3.8) is 0 Å². The fourth-order valence-electron chi connectivity index (χ4n) is 8.93. The van der Waals surface area contributed by atoms with Crippen LogP contribution in [0.25, 0.3) is 0 Å². The number of rotatable bonds is 7. The Balaban J connectivity index is 1.33. The Morgan fingerprint density at radius 2 is 1.64 bits per heavy atom. The molecule has 4 aliphatic rings. The van der Waals surface area contributed by atoms with Crippen molar-refractivity contribution in [2.75, 3.05) is 13.6 Å². The molecule has 0 saturated heterocycles. The first-order valence-electron chi connectivity index (χ1n) is 15.7. The molecule has 0 aliphatic heterocycles. The van der Waals surface area contributed by atoms with Crippen molar-refractivity contribution < 1.29 is 31.9 Å². The lowest BCUT2D eigenvalue weighted by molar-refractivity contribution is -0.362. The number of carbonyl (C=O) groups is 1. The highest BCUT2D eigenvalue weighted by molar-refractivity contribution is 5.93. The molecular weight excluding hydrogens is 573 g/mol. The third-order valence-corrected chi connectivity index (χ3v) is 11.2. The van der Waals surface area contributed by atoms with E-state index in [1.165, 1.54) is 12.5 Å². The van der Waals surface area contributed by atoms with Crippen LogP contribution < -0.4 is 0 Å². The summed E-state index contributed by atoms with van der Waals surface area (Å²) in [6, 6.07) is 18.2. The van der Waals surface area contributed by atoms with Crippen molar-refractivity contribution in [1.29, 1.82) is 0 Å². The molecule has 2 saturated carbocycles. The van der Waals surface area contributed by atoms with E-state index in [9.17, 15) is 23.1 Å². The van der Waals surface area contributed by atoms with E-state index in [2.05, 4.69) is 24.1 Å². The van der Waals surface area contributed by atoms with E-state index in [4.69, 9.17) is 0 Å². The largest absolute Gasteiger partial charge is 0.456 e. The summed E-state index contributed by atoms with van der Waals surface area (Å²) in [5.41, 5.74) is 1.50. The van der Waals surface area contributed by atoms with Crippen molar-refractivity contribution in [3.05, 3.63) is 94.1 Å². The van der Waals surface area contributed by atoms with Gasteiger partial charge in [-0.05, 0) is 97.7 Å². The Hall–Kier alpha value is -2.84. The van der Waals surface area contributed by atoms with E-state index in [1.807, 2.05) is 42.5 Å². The van der Waals surface area contributed by atoms with E-state index in [1.54, 1.807) is 6.08 Å². The molecule has 0 aromatic heterocycles. The molecule has 0 spiro atoms. The van der Waals surface area contributed by atoms with Crippen molar-refractivity contribution in [2.45, 2.75) is 88.5 Å². The third kappa shape index (κ3) is 5.06. The van der Waals surface area contributed by atoms with Gasteiger partial charge in [-0.3, -0.25) is 4.79 Å². The Morgan fingerprint density at radius 3 is 2.32 bits per heavy atom. The molecular formula is C36H40F5NO2. The van der Waals surface area contributed by atoms with E-state index in [0.717, 1.165) is 40.8 Å². The maximum atomic E-state index is 15.2. The molecule has 44 heavy (non-hydrogen) atoms. The topological polar surface area (TPSA) is 40.5 Å². The molecule has 2 fully saturated rings. The second-order valence-electron chi connectivity index (χ2n) is 13.7. The minimum atomic E-state index is -5.85. The van der Waals surface area contributed by atoms with Crippen LogP contribution in [0.2, 0.25) is 0 Å². The number of likely N-dealkylation sites (N-methyl/N-ethyl adjacent to an activating group) is 1. The van der Waals surface area contributed by atoms with Crippen molar-refractivity contribution in [2.24, 2.45) is 17.3 Å². The molecule has 0 radical (unpaired) electrons. The van der Waals surface area contributed by atoms with E-state index < -0.39 is 41.4 Å². The lowest BCUT2D eigenvalue weighted by Crippen LogP contribution is -2.65. The zero-order chi connectivity index (χ0) is 31.5. The number of carbonyl (C=O) groups excluding carboxylic acids is 1. The molecule has 236 valence electrons. The molecule has 4 aliphatic carbocycles. The number of ketones is 1. The van der Waals surface area contributed by atoms with Crippen LogP contribution in [0.5, 0.6) is 0 Å². The molecule has 0 heterocycles. The normalized spacial score (nSPS) is 30.6. The summed E-state index contributed by atoms with van der Waals surface area (Å²) >= 11 is 0. The summed E-state index contributed by atoms with van der Waals surface area (Å²) in [6.07, 6.45) is -1.63. The van der Waals surface area contributed by atoms with Gasteiger partial charge < -0.3 is 10.0 Å². The predicted octanol–water partition coefficient (Wildman–Crippen LogP) is 8.19. The zero-order valence-corrected chi connectivity index (χ0v) is 25.3. The van der Waals surface area contributed by atoms with Gasteiger partial charge in [0.15, 0.2) is 5.78 Å². The number of halogens is 5. The van der Waals surface area contributed by atoms with Crippen LogP contribution >= 0.6 is 0 Å². The van der Waals surface area contributed by atoms with E-state index in [-0.39, 0.29) is 24.5 Å². The summed E-state index contributed by atoms with van der Waals surface area (Å²) in [4.78, 5) is 14.5. The molecule has 6 rings (SSSR count). The van der Waals surface area contributed by atoms with Crippen molar-refractivity contribution in [1.82, 2.24) is 4.90 Å². The average molecular weight is 614 g/mol. The molecule has 2 aromatic carbocycles. The van der Waals surface area contributed by atoms with Gasteiger partial charge in [0.05, 0.1) is 0 Å². The summed E-state index contributed by atoms with van der Waals surface area (Å²) in [7, 11) is 2.05. The van der Waals surface area contributed by atoms with Crippen LogP contribution in [-0.2, 0) is 17.8 Å². The number of hydrogen-bond acceptors (Lipinski definition) is 3.